The standard InChI is InChI=1S/C18H15N3.C5H8N2.2C2H6/c1-13-19-12-17(20-13)15-6-4-7-16(11-15)21-10-9-14-5-2-3-8-18(14)21;1-4-3-6-5(2)7-4;2*1-2/h2-12H,1H3,(H,19,20);3H,1-2H3,(H,6,7);2*1-2H3. The van der Waals surface area contributed by atoms with Crippen LogP contribution in [-0.2, 0) is 0 Å². The van der Waals surface area contributed by atoms with E-state index in [2.05, 4.69) is 85.3 Å². The minimum Gasteiger partial charge on any atom is -0.346 e. The van der Waals surface area contributed by atoms with Crippen LogP contribution in [0.25, 0.3) is 27.8 Å². The van der Waals surface area contributed by atoms with E-state index in [-0.39, 0.29) is 0 Å². The monoisotopic (exact) mass is 429 g/mol. The molecular formula is C27H35N5. The Morgan fingerprint density at radius 2 is 1.41 bits per heavy atom. The quantitative estimate of drug-likeness (QED) is 0.307. The van der Waals surface area contributed by atoms with Crippen molar-refractivity contribution in [1.29, 1.82) is 0 Å². The number of nitrogens with one attached hydrogen (secondary N) is 2. The van der Waals surface area contributed by atoms with Crippen molar-refractivity contribution in [2.45, 2.75) is 48.5 Å². The lowest BCUT2D eigenvalue weighted by Crippen LogP contribution is -1.92. The summed E-state index contributed by atoms with van der Waals surface area (Å²) in [5.41, 5.74) is 5.69. The Hall–Kier alpha value is -3.60. The summed E-state index contributed by atoms with van der Waals surface area (Å²) in [6, 6.07) is 19.0. The SMILES string of the molecule is CC.CC.Cc1cnc(C)[nH]1.Cc1ncc(-c2cccc(-n3ccc4ccccc43)c2)[nH]1. The molecule has 0 saturated carbocycles. The van der Waals surface area contributed by atoms with Crippen LogP contribution in [-0.4, -0.2) is 24.5 Å². The molecule has 2 N–H and O–H groups in total. The highest BCUT2D eigenvalue weighted by Gasteiger charge is 2.05. The van der Waals surface area contributed by atoms with Crippen LogP contribution in [0.4, 0.5) is 0 Å². The number of nitrogens with zero attached hydrogens (tertiary/aromatic N) is 3. The van der Waals surface area contributed by atoms with Crippen LogP contribution < -0.4 is 0 Å². The number of aromatic amines is 2. The van der Waals surface area contributed by atoms with Gasteiger partial charge in [-0.1, -0.05) is 58.0 Å². The molecule has 168 valence electrons. The fourth-order valence-corrected chi connectivity index (χ4v) is 3.24. The summed E-state index contributed by atoms with van der Waals surface area (Å²) in [7, 11) is 0. The number of para-hydroxylation sites is 1. The highest BCUT2D eigenvalue weighted by atomic mass is 15.0. The van der Waals surface area contributed by atoms with Crippen molar-refractivity contribution in [2.75, 3.05) is 0 Å². The Labute approximate surface area is 191 Å². The summed E-state index contributed by atoms with van der Waals surface area (Å²) < 4.78 is 2.21. The summed E-state index contributed by atoms with van der Waals surface area (Å²) in [5, 5.41) is 1.25. The lowest BCUT2D eigenvalue weighted by molar-refractivity contribution is 1.13. The fourth-order valence-electron chi connectivity index (χ4n) is 3.24. The molecule has 0 unspecified atom stereocenters. The van der Waals surface area contributed by atoms with Gasteiger partial charge in [-0.3, -0.25) is 0 Å². The summed E-state index contributed by atoms with van der Waals surface area (Å²) in [5.74, 6) is 1.92. The molecule has 3 heterocycles. The number of hydrogen-bond acceptors (Lipinski definition) is 2. The minimum absolute atomic E-state index is 0.932. The van der Waals surface area contributed by atoms with Crippen LogP contribution in [0.15, 0.2) is 73.2 Å². The predicted octanol–water partition coefficient (Wildman–Crippen LogP) is 7.41. The van der Waals surface area contributed by atoms with E-state index in [1.807, 2.05) is 60.9 Å². The summed E-state index contributed by atoms with van der Waals surface area (Å²) in [6.45, 7) is 13.9. The molecule has 5 heteroatoms. The van der Waals surface area contributed by atoms with Crippen LogP contribution in [0, 0.1) is 20.8 Å². The fraction of sp³-hybridized carbons (Fsp3) is 0.259. The molecule has 5 nitrogen and oxygen atoms in total. The average molecular weight is 430 g/mol. The molecule has 0 saturated heterocycles. The van der Waals surface area contributed by atoms with Gasteiger partial charge in [-0.15, -0.1) is 0 Å². The third-order valence-electron chi connectivity index (χ3n) is 4.57. The summed E-state index contributed by atoms with van der Waals surface area (Å²) >= 11 is 0. The third-order valence-corrected chi connectivity index (χ3v) is 4.57. The van der Waals surface area contributed by atoms with Crippen LogP contribution >= 0.6 is 0 Å². The molecular weight excluding hydrogens is 394 g/mol. The zero-order valence-electron chi connectivity index (χ0n) is 20.3. The van der Waals surface area contributed by atoms with E-state index in [9.17, 15) is 0 Å². The minimum atomic E-state index is 0.932. The van der Waals surface area contributed by atoms with Crippen molar-refractivity contribution >= 4 is 10.9 Å². The van der Waals surface area contributed by atoms with Crippen molar-refractivity contribution < 1.29 is 0 Å². The smallest absolute Gasteiger partial charge is 0.103 e. The second kappa shape index (κ2) is 12.3. The second-order valence-corrected chi connectivity index (χ2v) is 6.83. The van der Waals surface area contributed by atoms with E-state index in [4.69, 9.17) is 0 Å². The zero-order valence-corrected chi connectivity index (χ0v) is 20.3. The Balaban J connectivity index is 0.000000278. The lowest BCUT2D eigenvalue weighted by atomic mass is 10.1. The molecule has 5 rings (SSSR count). The maximum atomic E-state index is 4.27. The van der Waals surface area contributed by atoms with Gasteiger partial charge >= 0.3 is 0 Å². The van der Waals surface area contributed by atoms with Gasteiger partial charge < -0.3 is 14.5 Å². The highest BCUT2D eigenvalue weighted by molar-refractivity contribution is 5.82. The number of aryl methyl sites for hydroxylation is 3. The molecule has 32 heavy (non-hydrogen) atoms. The highest BCUT2D eigenvalue weighted by Crippen LogP contribution is 2.24. The van der Waals surface area contributed by atoms with E-state index < -0.39 is 0 Å². The van der Waals surface area contributed by atoms with Gasteiger partial charge in [0.2, 0.25) is 0 Å². The molecule has 0 amide bonds. The molecule has 2 aromatic carbocycles. The molecule has 5 aromatic rings. The molecule has 0 aliphatic heterocycles. The van der Waals surface area contributed by atoms with Gasteiger partial charge in [0.1, 0.15) is 11.6 Å². The van der Waals surface area contributed by atoms with E-state index in [1.54, 1.807) is 0 Å². The van der Waals surface area contributed by atoms with Crippen molar-refractivity contribution in [3.8, 4) is 16.9 Å². The number of H-pyrrole nitrogens is 2. The first-order chi connectivity index (χ1) is 15.6. The van der Waals surface area contributed by atoms with Gasteiger partial charge in [-0.05, 0) is 50.4 Å². The first kappa shape index (κ1) is 24.7. The van der Waals surface area contributed by atoms with Crippen molar-refractivity contribution in [1.82, 2.24) is 24.5 Å². The number of imidazole rings is 2. The number of hydrogen-bond donors (Lipinski definition) is 2. The van der Waals surface area contributed by atoms with Crippen LogP contribution in [0.3, 0.4) is 0 Å². The van der Waals surface area contributed by atoms with E-state index in [0.29, 0.717) is 0 Å². The van der Waals surface area contributed by atoms with Crippen LogP contribution in [0.2, 0.25) is 0 Å². The van der Waals surface area contributed by atoms with Gasteiger partial charge in [0.15, 0.2) is 0 Å². The Morgan fingerprint density at radius 1 is 0.719 bits per heavy atom. The lowest BCUT2D eigenvalue weighted by Gasteiger charge is -2.07. The van der Waals surface area contributed by atoms with Crippen LogP contribution in [0.1, 0.15) is 45.0 Å². The maximum Gasteiger partial charge on any atom is 0.103 e. The predicted molar refractivity (Wildman–Crippen MR) is 136 cm³/mol. The largest absolute Gasteiger partial charge is 0.346 e. The Kier molecular flexibility index (Phi) is 9.48. The number of fused-ring (bicyclic) bond motifs is 1. The molecule has 0 fully saturated rings. The molecule has 3 aromatic heterocycles. The molecule has 0 spiro atoms. The molecule has 0 aliphatic rings. The van der Waals surface area contributed by atoms with Crippen molar-refractivity contribution in [3.05, 3.63) is 90.5 Å². The Bertz CT molecular complexity index is 1190. The average Bonchev–Trinajstić information content (AvgIpc) is 3.57. The number of benzene rings is 2. The van der Waals surface area contributed by atoms with Gasteiger partial charge in [0, 0.05) is 29.3 Å². The van der Waals surface area contributed by atoms with Gasteiger partial charge in [0.25, 0.3) is 0 Å². The van der Waals surface area contributed by atoms with Gasteiger partial charge in [-0.2, -0.15) is 0 Å². The number of rotatable bonds is 2. The zero-order chi connectivity index (χ0) is 23.5. The maximum absolute atomic E-state index is 4.27. The van der Waals surface area contributed by atoms with Crippen LogP contribution in [0.5, 0.6) is 0 Å². The van der Waals surface area contributed by atoms with E-state index >= 15 is 0 Å². The second-order valence-electron chi connectivity index (χ2n) is 6.83. The van der Waals surface area contributed by atoms with E-state index in [0.717, 1.165) is 34.3 Å². The Morgan fingerprint density at radius 3 is 2.00 bits per heavy atom. The van der Waals surface area contributed by atoms with E-state index in [1.165, 1.54) is 10.9 Å². The topological polar surface area (TPSA) is 62.3 Å². The number of aromatic nitrogens is 5. The van der Waals surface area contributed by atoms with Crippen molar-refractivity contribution in [2.24, 2.45) is 0 Å². The molecule has 0 bridgehead atoms. The summed E-state index contributed by atoms with van der Waals surface area (Å²) in [4.78, 5) is 14.5. The molecule has 0 atom stereocenters. The first-order valence-corrected chi connectivity index (χ1v) is 11.3. The molecule has 0 radical (unpaired) electrons. The first-order valence-electron chi connectivity index (χ1n) is 11.3. The molecule has 0 aliphatic carbocycles. The normalized spacial score (nSPS) is 9.72. The van der Waals surface area contributed by atoms with Crippen molar-refractivity contribution in [3.63, 3.8) is 0 Å². The summed E-state index contributed by atoms with van der Waals surface area (Å²) in [6.07, 6.45) is 5.81. The van der Waals surface area contributed by atoms with Gasteiger partial charge in [0.05, 0.1) is 17.4 Å². The third kappa shape index (κ3) is 6.20. The van der Waals surface area contributed by atoms with Gasteiger partial charge in [-0.25, -0.2) is 9.97 Å².